The highest BCUT2D eigenvalue weighted by Crippen LogP contribution is 2.45. The predicted octanol–water partition coefficient (Wildman–Crippen LogP) is 3.68. The maximum Gasteiger partial charge on any atom is 0.274 e. The lowest BCUT2D eigenvalue weighted by Crippen LogP contribution is -2.41. The summed E-state index contributed by atoms with van der Waals surface area (Å²) in [4.78, 5) is 13.2. The van der Waals surface area contributed by atoms with Gasteiger partial charge in [0.15, 0.2) is 0 Å². The van der Waals surface area contributed by atoms with E-state index in [0.29, 0.717) is 5.56 Å². The minimum atomic E-state index is -4.39. The summed E-state index contributed by atoms with van der Waals surface area (Å²) < 4.78 is 59.0. The van der Waals surface area contributed by atoms with Gasteiger partial charge in [0.2, 0.25) is 19.7 Å². The quantitative estimate of drug-likeness (QED) is 0.313. The molecule has 0 fully saturated rings. The Hall–Kier alpha value is -4.51. The van der Waals surface area contributed by atoms with Crippen molar-refractivity contribution in [2.45, 2.75) is 15.7 Å². The van der Waals surface area contributed by atoms with Crippen molar-refractivity contribution in [3.63, 3.8) is 0 Å². The van der Waals surface area contributed by atoms with Gasteiger partial charge in [-0.3, -0.25) is 9.36 Å². The fourth-order valence-corrected chi connectivity index (χ4v) is 9.99. The Labute approximate surface area is 246 Å². The first-order chi connectivity index (χ1) is 20.2. The number of rotatable bonds is 6. The van der Waals surface area contributed by atoms with Crippen molar-refractivity contribution in [2.75, 3.05) is 0 Å². The van der Waals surface area contributed by atoms with Gasteiger partial charge in [0.25, 0.3) is 5.56 Å². The lowest BCUT2D eigenvalue weighted by Gasteiger charge is -2.28. The summed E-state index contributed by atoms with van der Waals surface area (Å²) in [6.07, 6.45) is 1.64. The fraction of sp³-hybridized carbons (Fsp3) is 0.0312. The van der Waals surface area contributed by atoms with Gasteiger partial charge in [0, 0.05) is 0 Å². The number of aromatic nitrogens is 1. The average molecular weight is 613 g/mol. The van der Waals surface area contributed by atoms with Crippen LogP contribution in [0.5, 0.6) is 0 Å². The van der Waals surface area contributed by atoms with Gasteiger partial charge in [-0.25, -0.2) is 16.8 Å². The number of sulfone groups is 2. The molecule has 0 saturated carbocycles. The van der Waals surface area contributed by atoms with E-state index >= 15 is 0 Å². The Morgan fingerprint density at radius 2 is 1.10 bits per heavy atom. The zero-order valence-corrected chi connectivity index (χ0v) is 24.4. The summed E-state index contributed by atoms with van der Waals surface area (Å²) >= 11 is 0.967. The standard InChI is InChI=1S/C32H24N2O5S3/c33-30-28(41(36,37)24-17-9-3-10-18-24)27(23-15-7-2-8-16-23)29(42(38,39)25-19-11-4-12-20-25)32-34(30)31(35)26(40-32)21-22-13-5-1-6-14-22/h1-21,27H,33H2/t27-/m0/s1. The van der Waals surface area contributed by atoms with Crippen LogP contribution < -0.4 is 20.5 Å². The first-order valence-corrected chi connectivity index (χ1v) is 16.7. The predicted molar refractivity (Wildman–Crippen MR) is 165 cm³/mol. The topological polar surface area (TPSA) is 116 Å². The van der Waals surface area contributed by atoms with E-state index in [1.807, 2.05) is 30.3 Å². The monoisotopic (exact) mass is 612 g/mol. The highest BCUT2D eigenvalue weighted by molar-refractivity contribution is 8.00. The van der Waals surface area contributed by atoms with Crippen LogP contribution in [0.2, 0.25) is 0 Å². The molecule has 6 rings (SSSR count). The molecule has 1 atom stereocenters. The van der Waals surface area contributed by atoms with Gasteiger partial charge in [-0.15, -0.1) is 11.3 Å². The summed E-state index contributed by atoms with van der Waals surface area (Å²) in [5, 5.41) is 0. The molecule has 0 bridgehead atoms. The third-order valence-electron chi connectivity index (χ3n) is 6.97. The third-order valence-corrected chi connectivity index (χ3v) is 12.0. The van der Waals surface area contributed by atoms with Gasteiger partial charge in [-0.1, -0.05) is 97.1 Å². The number of nitrogens with two attached hydrogens (primary N) is 1. The molecular formula is C32H24N2O5S3. The molecule has 1 aliphatic heterocycles. The summed E-state index contributed by atoms with van der Waals surface area (Å²) in [6, 6.07) is 33.0. The van der Waals surface area contributed by atoms with Crippen LogP contribution in [0.1, 0.15) is 17.0 Å². The highest BCUT2D eigenvalue weighted by Gasteiger charge is 2.44. The number of hydrogen-bond donors (Lipinski definition) is 1. The molecule has 0 saturated heterocycles. The molecule has 0 spiro atoms. The Kier molecular flexibility index (Phi) is 7.05. The maximum atomic E-state index is 14.5. The normalized spacial score (nSPS) is 16.0. The number of allylic oxidation sites excluding steroid dienone is 1. The second kappa shape index (κ2) is 10.7. The molecule has 5 aromatic rings. The molecule has 1 aliphatic rings. The SMILES string of the molecule is NC1=C(S(=O)(=O)c2ccccc2)[C@H](c2ccccc2)C(S(=O)(=O)c2ccccc2)=c2sc(=Cc3ccccc3)c(=O)n21. The zero-order valence-electron chi connectivity index (χ0n) is 22.0. The number of fused-ring (bicyclic) bond motifs is 1. The molecule has 210 valence electrons. The van der Waals surface area contributed by atoms with Gasteiger partial charge in [0.1, 0.15) is 15.4 Å². The Balaban J connectivity index is 1.81. The Bertz CT molecular complexity index is 2220. The molecule has 4 aromatic carbocycles. The second-order valence-electron chi connectivity index (χ2n) is 9.56. The molecule has 0 aliphatic carbocycles. The van der Waals surface area contributed by atoms with Gasteiger partial charge in [0.05, 0.1) is 25.1 Å². The molecule has 0 amide bonds. The van der Waals surface area contributed by atoms with Crippen LogP contribution in [0.25, 0.3) is 16.8 Å². The largest absolute Gasteiger partial charge is 0.384 e. The van der Waals surface area contributed by atoms with Crippen LogP contribution in [0.4, 0.5) is 0 Å². The molecule has 0 unspecified atom stereocenters. The van der Waals surface area contributed by atoms with E-state index in [1.54, 1.807) is 72.8 Å². The van der Waals surface area contributed by atoms with E-state index in [2.05, 4.69) is 0 Å². The number of hydrogen-bond acceptors (Lipinski definition) is 7. The van der Waals surface area contributed by atoms with Gasteiger partial charge in [-0.2, -0.15) is 0 Å². The third kappa shape index (κ3) is 4.63. The summed E-state index contributed by atoms with van der Waals surface area (Å²) in [5.74, 6) is -1.65. The van der Waals surface area contributed by atoms with E-state index in [9.17, 15) is 21.6 Å². The first-order valence-electron chi connectivity index (χ1n) is 12.9. The van der Waals surface area contributed by atoms with Gasteiger partial charge in [-0.05, 0) is 41.5 Å². The van der Waals surface area contributed by atoms with Crippen LogP contribution in [-0.2, 0) is 19.7 Å². The van der Waals surface area contributed by atoms with Crippen molar-refractivity contribution in [1.82, 2.24) is 4.57 Å². The van der Waals surface area contributed by atoms with E-state index in [4.69, 9.17) is 5.73 Å². The lowest BCUT2D eigenvalue weighted by molar-refractivity contribution is 0.598. The van der Waals surface area contributed by atoms with Crippen molar-refractivity contribution in [2.24, 2.45) is 5.73 Å². The summed E-state index contributed by atoms with van der Waals surface area (Å²) in [7, 11) is -8.74. The molecule has 0 radical (unpaired) electrons. The highest BCUT2D eigenvalue weighted by atomic mass is 32.2. The summed E-state index contributed by atoms with van der Waals surface area (Å²) in [5.41, 5.74) is 7.16. The molecular weight excluding hydrogens is 589 g/mol. The van der Waals surface area contributed by atoms with E-state index in [-0.39, 0.29) is 34.6 Å². The van der Waals surface area contributed by atoms with Crippen molar-refractivity contribution >= 4 is 47.8 Å². The number of benzene rings is 4. The van der Waals surface area contributed by atoms with E-state index in [1.165, 1.54) is 24.3 Å². The molecule has 7 nitrogen and oxygen atoms in total. The molecule has 10 heteroatoms. The minimum Gasteiger partial charge on any atom is -0.384 e. The van der Waals surface area contributed by atoms with Crippen molar-refractivity contribution in [3.05, 3.63) is 157 Å². The van der Waals surface area contributed by atoms with Crippen LogP contribution in [0.15, 0.2) is 141 Å². The molecule has 2 N–H and O–H groups in total. The van der Waals surface area contributed by atoms with Crippen LogP contribution >= 0.6 is 11.3 Å². The Morgan fingerprint density at radius 1 is 0.643 bits per heavy atom. The fourth-order valence-electron chi connectivity index (χ4n) is 5.03. The van der Waals surface area contributed by atoms with Crippen molar-refractivity contribution in [3.8, 4) is 0 Å². The van der Waals surface area contributed by atoms with Crippen molar-refractivity contribution < 1.29 is 16.8 Å². The Morgan fingerprint density at radius 3 is 1.62 bits per heavy atom. The summed E-state index contributed by atoms with van der Waals surface area (Å²) in [6.45, 7) is 0. The van der Waals surface area contributed by atoms with Crippen LogP contribution in [-0.4, -0.2) is 21.4 Å². The van der Waals surface area contributed by atoms with E-state index < -0.39 is 31.2 Å². The second-order valence-corrected chi connectivity index (χ2v) is 14.4. The van der Waals surface area contributed by atoms with E-state index in [0.717, 1.165) is 21.5 Å². The van der Waals surface area contributed by atoms with Crippen LogP contribution in [0.3, 0.4) is 0 Å². The molecule has 42 heavy (non-hydrogen) atoms. The first kappa shape index (κ1) is 27.6. The lowest BCUT2D eigenvalue weighted by atomic mass is 9.97. The van der Waals surface area contributed by atoms with Crippen molar-refractivity contribution in [1.29, 1.82) is 0 Å². The molecule has 2 heterocycles. The number of nitrogens with zero attached hydrogens (tertiary/aromatic N) is 1. The maximum absolute atomic E-state index is 14.5. The van der Waals surface area contributed by atoms with Crippen LogP contribution in [0, 0.1) is 0 Å². The smallest absolute Gasteiger partial charge is 0.274 e. The zero-order chi connectivity index (χ0) is 29.5. The minimum absolute atomic E-state index is 0.0288. The van der Waals surface area contributed by atoms with Gasteiger partial charge >= 0.3 is 0 Å². The van der Waals surface area contributed by atoms with Gasteiger partial charge < -0.3 is 5.73 Å². The molecule has 1 aromatic heterocycles. The number of thiazole rings is 1. The average Bonchev–Trinajstić information content (AvgIpc) is 3.33.